The Morgan fingerprint density at radius 2 is 1.35 bits per heavy atom. The van der Waals surface area contributed by atoms with E-state index < -0.39 is 62.6 Å². The molecule has 0 atom stereocenters. The molecule has 1 aromatic carbocycles. The predicted octanol–water partition coefficient (Wildman–Crippen LogP) is 1.71. The van der Waals surface area contributed by atoms with Crippen molar-refractivity contribution in [2.24, 2.45) is 0 Å². The zero-order valence-corrected chi connectivity index (χ0v) is 12.8. The molecule has 0 aliphatic heterocycles. The smallest absolute Gasteiger partial charge is 0.438 e. The fraction of sp³-hybridized carbons (Fsp3) is 0.364. The lowest BCUT2D eigenvalue weighted by Gasteiger charge is -2.35. The number of benzene rings is 1. The van der Waals surface area contributed by atoms with Gasteiger partial charge in [0.2, 0.25) is 0 Å². The molecule has 4 N–H and O–H groups in total. The predicted molar refractivity (Wildman–Crippen MR) is 68.1 cm³/mol. The summed E-state index contributed by atoms with van der Waals surface area (Å²) in [7, 11) is -5.99. The van der Waals surface area contributed by atoms with Crippen LogP contribution in [0.5, 0.6) is 17.2 Å². The van der Waals surface area contributed by atoms with Gasteiger partial charge < -0.3 is 20.1 Å². The first-order valence-electron chi connectivity index (χ1n) is 5.98. The molecule has 0 radical (unpaired) electrons. The monoisotopic (exact) mass is 414 g/mol. The summed E-state index contributed by atoms with van der Waals surface area (Å²) in [5.41, 5.74) is -7.32. The number of hydrogen-bond donors (Lipinski definition) is 4. The van der Waals surface area contributed by atoms with Gasteiger partial charge in [0.1, 0.15) is 28.6 Å². The van der Waals surface area contributed by atoms with E-state index >= 15 is 0 Å². The van der Waals surface area contributed by atoms with Crippen LogP contribution in [-0.4, -0.2) is 58.0 Å². The van der Waals surface area contributed by atoms with Gasteiger partial charge in [0.25, 0.3) is 10.1 Å². The molecule has 0 spiro atoms. The van der Waals surface area contributed by atoms with Gasteiger partial charge in [-0.2, -0.15) is 34.8 Å². The van der Waals surface area contributed by atoms with Gasteiger partial charge in [-0.3, -0.25) is 4.55 Å². The minimum Gasteiger partial charge on any atom is -0.508 e. The second kappa shape index (κ2) is 6.39. The fourth-order valence-electron chi connectivity index (χ4n) is 1.74. The van der Waals surface area contributed by atoms with Crippen molar-refractivity contribution >= 4 is 16.1 Å². The normalized spacial score (nSPS) is 13.5. The molecule has 148 valence electrons. The van der Waals surface area contributed by atoms with E-state index in [4.69, 9.17) is 9.66 Å². The molecule has 0 saturated carbocycles. The third-order valence-corrected chi connectivity index (χ3v) is 3.63. The summed E-state index contributed by atoms with van der Waals surface area (Å²) in [5, 5.41) is 27.7. The third-order valence-electron chi connectivity index (χ3n) is 2.85. The number of hydrogen-bond acceptors (Lipinski definition) is 7. The van der Waals surface area contributed by atoms with Crippen LogP contribution in [-0.2, 0) is 14.9 Å². The average Bonchev–Trinajstić information content (AvgIpc) is 2.31. The Hall–Kier alpha value is -2.42. The zero-order chi connectivity index (χ0) is 20.7. The van der Waals surface area contributed by atoms with Crippen molar-refractivity contribution < 1.29 is 64.2 Å². The molecule has 0 amide bonds. The molecule has 8 nitrogen and oxygen atoms in total. The molecule has 1 rings (SSSR count). The number of esters is 1. The van der Waals surface area contributed by atoms with Crippen LogP contribution in [0.25, 0.3) is 0 Å². The van der Waals surface area contributed by atoms with E-state index in [2.05, 4.69) is 4.74 Å². The lowest BCUT2D eigenvalue weighted by molar-refractivity contribution is -0.356. The molecule has 15 heteroatoms. The van der Waals surface area contributed by atoms with Crippen LogP contribution in [0.4, 0.5) is 26.3 Å². The molecule has 0 heterocycles. The third kappa shape index (κ3) is 4.21. The number of ether oxygens (including phenoxy) is 1. The standard InChI is InChI=1S/C11H8F6O8S/c12-10(13,14)9(11(15,16)17,3-26(22,23)24)25-8(21)7-5(19)1-4(18)2-6(7)20/h1-2,18-20H,3H2,(H,22,23,24). The lowest BCUT2D eigenvalue weighted by Crippen LogP contribution is -2.63. The summed E-state index contributed by atoms with van der Waals surface area (Å²) in [5.74, 6) is -9.58. The summed E-state index contributed by atoms with van der Waals surface area (Å²) in [4.78, 5) is 11.7. The van der Waals surface area contributed by atoms with Crippen molar-refractivity contribution in [3.63, 3.8) is 0 Å². The molecule has 0 unspecified atom stereocenters. The van der Waals surface area contributed by atoms with Gasteiger partial charge in [-0.1, -0.05) is 0 Å². The first-order valence-corrected chi connectivity index (χ1v) is 7.59. The van der Waals surface area contributed by atoms with E-state index in [-0.39, 0.29) is 12.1 Å². The maximum absolute atomic E-state index is 13.0. The number of aromatic hydroxyl groups is 3. The number of phenolic OH excluding ortho intramolecular Hbond substituents is 3. The van der Waals surface area contributed by atoms with Crippen molar-refractivity contribution in [1.29, 1.82) is 0 Å². The van der Waals surface area contributed by atoms with Gasteiger partial charge in [0.05, 0.1) is 0 Å². The molecule has 0 bridgehead atoms. The first kappa shape index (κ1) is 21.6. The number of phenols is 3. The fourth-order valence-corrected chi connectivity index (χ4v) is 2.64. The molecule has 0 aliphatic rings. The number of carbonyl (C=O) groups is 1. The highest BCUT2D eigenvalue weighted by molar-refractivity contribution is 7.85. The van der Waals surface area contributed by atoms with Crippen LogP contribution in [0.3, 0.4) is 0 Å². The Morgan fingerprint density at radius 3 is 1.65 bits per heavy atom. The Bertz CT molecular complexity index is 776. The van der Waals surface area contributed by atoms with Crippen LogP contribution in [0.1, 0.15) is 10.4 Å². The van der Waals surface area contributed by atoms with Gasteiger partial charge in [-0.15, -0.1) is 0 Å². The molecule has 0 aliphatic carbocycles. The van der Waals surface area contributed by atoms with Crippen LogP contribution in [0.15, 0.2) is 12.1 Å². The van der Waals surface area contributed by atoms with E-state index in [1.165, 1.54) is 0 Å². The van der Waals surface area contributed by atoms with Crippen LogP contribution in [0.2, 0.25) is 0 Å². The highest BCUT2D eigenvalue weighted by Gasteiger charge is 2.76. The second-order valence-corrected chi connectivity index (χ2v) is 6.25. The lowest BCUT2D eigenvalue weighted by atomic mass is 10.0. The van der Waals surface area contributed by atoms with Gasteiger partial charge in [-0.05, 0) is 0 Å². The second-order valence-electron chi connectivity index (χ2n) is 4.80. The summed E-state index contributed by atoms with van der Waals surface area (Å²) in [6.07, 6.45) is -13.1. The first-order chi connectivity index (χ1) is 11.4. The van der Waals surface area contributed by atoms with Crippen LogP contribution >= 0.6 is 0 Å². The minimum atomic E-state index is -6.57. The number of carbonyl (C=O) groups excluding carboxylic acids is 1. The molecular formula is C11H8F6O8S. The molecule has 0 saturated heterocycles. The van der Waals surface area contributed by atoms with Gasteiger partial charge >= 0.3 is 23.9 Å². The van der Waals surface area contributed by atoms with E-state index in [0.717, 1.165) is 0 Å². The quantitative estimate of drug-likeness (QED) is 0.332. The number of halogens is 6. The van der Waals surface area contributed by atoms with Crippen molar-refractivity contribution in [2.75, 3.05) is 5.75 Å². The van der Waals surface area contributed by atoms with E-state index in [0.29, 0.717) is 0 Å². The highest BCUT2D eigenvalue weighted by Crippen LogP contribution is 2.48. The Kier molecular flexibility index (Phi) is 5.31. The minimum absolute atomic E-state index is 0.280. The summed E-state index contributed by atoms with van der Waals surface area (Å²) in [6, 6.07) is 0.559. The van der Waals surface area contributed by atoms with Crippen molar-refractivity contribution in [3.8, 4) is 17.2 Å². The SMILES string of the molecule is O=C(OC(CS(=O)(=O)O)(C(F)(F)F)C(F)(F)F)c1c(O)cc(O)cc1O. The maximum Gasteiger partial charge on any atom is 0.438 e. The largest absolute Gasteiger partial charge is 0.508 e. The Balaban J connectivity index is 3.59. The molecule has 0 aromatic heterocycles. The summed E-state index contributed by atoms with van der Waals surface area (Å²) >= 11 is 0. The summed E-state index contributed by atoms with van der Waals surface area (Å²) < 4.78 is 111. The average molecular weight is 414 g/mol. The van der Waals surface area contributed by atoms with Crippen molar-refractivity contribution in [1.82, 2.24) is 0 Å². The number of rotatable bonds is 4. The molecular weight excluding hydrogens is 406 g/mol. The molecule has 0 fully saturated rings. The van der Waals surface area contributed by atoms with Crippen molar-refractivity contribution in [3.05, 3.63) is 17.7 Å². The zero-order valence-electron chi connectivity index (χ0n) is 12.0. The van der Waals surface area contributed by atoms with Crippen LogP contribution < -0.4 is 0 Å². The molecule has 26 heavy (non-hydrogen) atoms. The van der Waals surface area contributed by atoms with E-state index in [1.807, 2.05) is 0 Å². The maximum atomic E-state index is 13.0. The Morgan fingerprint density at radius 1 is 0.962 bits per heavy atom. The van der Waals surface area contributed by atoms with Gasteiger partial charge in [-0.25, -0.2) is 4.79 Å². The van der Waals surface area contributed by atoms with Gasteiger partial charge in [0, 0.05) is 12.1 Å². The van der Waals surface area contributed by atoms with E-state index in [9.17, 15) is 49.8 Å². The Labute approximate surface area is 140 Å². The van der Waals surface area contributed by atoms with E-state index in [1.54, 1.807) is 0 Å². The molecule has 1 aromatic rings. The van der Waals surface area contributed by atoms with Gasteiger partial charge in [0.15, 0.2) is 0 Å². The van der Waals surface area contributed by atoms with Crippen LogP contribution in [0, 0.1) is 0 Å². The topological polar surface area (TPSA) is 141 Å². The number of alkyl halides is 6. The highest BCUT2D eigenvalue weighted by atomic mass is 32.2. The summed E-state index contributed by atoms with van der Waals surface area (Å²) in [6.45, 7) is 0. The van der Waals surface area contributed by atoms with Crippen molar-refractivity contribution in [2.45, 2.75) is 18.0 Å².